The van der Waals surface area contributed by atoms with Crippen molar-refractivity contribution in [3.63, 3.8) is 0 Å². The summed E-state index contributed by atoms with van der Waals surface area (Å²) in [6.07, 6.45) is 0.0457. The molecular formula is C21H25N3O5. The van der Waals surface area contributed by atoms with E-state index in [-0.39, 0.29) is 37.1 Å². The van der Waals surface area contributed by atoms with Crippen LogP contribution in [-0.2, 0) is 27.4 Å². The van der Waals surface area contributed by atoms with Crippen molar-refractivity contribution in [3.05, 3.63) is 59.5 Å². The largest absolute Gasteiger partial charge is 0.460 e. The average Bonchev–Trinajstić information content (AvgIpc) is 3.19. The maximum atomic E-state index is 12.4. The number of amides is 2. The van der Waals surface area contributed by atoms with Crippen LogP contribution in [0.1, 0.15) is 35.2 Å². The van der Waals surface area contributed by atoms with Crippen LogP contribution in [0.25, 0.3) is 0 Å². The minimum absolute atomic E-state index is 0.0457. The quantitative estimate of drug-likeness (QED) is 0.652. The number of rotatable bonds is 8. The molecule has 154 valence electrons. The van der Waals surface area contributed by atoms with Crippen molar-refractivity contribution < 1.29 is 23.5 Å². The Hall–Kier alpha value is -3.13. The Labute approximate surface area is 169 Å². The van der Waals surface area contributed by atoms with Gasteiger partial charge in [0.05, 0.1) is 25.6 Å². The van der Waals surface area contributed by atoms with Crippen LogP contribution in [-0.4, -0.2) is 48.4 Å². The molecule has 8 nitrogen and oxygen atoms in total. The van der Waals surface area contributed by atoms with Gasteiger partial charge in [-0.3, -0.25) is 14.5 Å². The van der Waals surface area contributed by atoms with E-state index in [1.54, 1.807) is 13.0 Å². The van der Waals surface area contributed by atoms with Crippen molar-refractivity contribution in [2.75, 3.05) is 19.7 Å². The van der Waals surface area contributed by atoms with E-state index in [9.17, 15) is 14.4 Å². The van der Waals surface area contributed by atoms with Crippen LogP contribution in [0.4, 0.5) is 0 Å². The van der Waals surface area contributed by atoms with Crippen molar-refractivity contribution in [1.29, 1.82) is 0 Å². The minimum atomic E-state index is -0.541. The minimum Gasteiger partial charge on any atom is -0.460 e. The summed E-state index contributed by atoms with van der Waals surface area (Å²) in [5.74, 6) is -0.419. The van der Waals surface area contributed by atoms with Crippen molar-refractivity contribution in [3.8, 4) is 0 Å². The van der Waals surface area contributed by atoms with Gasteiger partial charge in [0.2, 0.25) is 17.6 Å². The first kappa shape index (κ1) is 20.6. The summed E-state index contributed by atoms with van der Waals surface area (Å²) in [6.45, 7) is 3.95. The molecular weight excluding hydrogens is 374 g/mol. The second-order valence-corrected chi connectivity index (χ2v) is 6.73. The molecule has 2 heterocycles. The molecule has 0 bridgehead atoms. The van der Waals surface area contributed by atoms with Crippen LogP contribution in [0.5, 0.6) is 0 Å². The van der Waals surface area contributed by atoms with Crippen LogP contribution < -0.4 is 10.6 Å². The number of nitrogens with zero attached hydrogens (tertiary/aromatic N) is 1. The summed E-state index contributed by atoms with van der Waals surface area (Å²) in [5.41, 5.74) is 1.09. The van der Waals surface area contributed by atoms with E-state index in [0.717, 1.165) is 5.56 Å². The van der Waals surface area contributed by atoms with Gasteiger partial charge < -0.3 is 19.8 Å². The predicted molar refractivity (Wildman–Crippen MR) is 105 cm³/mol. The fraction of sp³-hybridized carbons (Fsp3) is 0.381. The molecule has 1 aliphatic heterocycles. The van der Waals surface area contributed by atoms with Crippen LogP contribution >= 0.6 is 0 Å². The lowest BCUT2D eigenvalue weighted by Crippen LogP contribution is -2.56. The van der Waals surface area contributed by atoms with Gasteiger partial charge in [-0.2, -0.15) is 0 Å². The molecule has 0 saturated carbocycles. The summed E-state index contributed by atoms with van der Waals surface area (Å²) in [7, 11) is 0. The molecule has 8 heteroatoms. The predicted octanol–water partition coefficient (Wildman–Crippen LogP) is 1.46. The zero-order chi connectivity index (χ0) is 20.6. The third-order valence-corrected chi connectivity index (χ3v) is 4.65. The Balaban J connectivity index is 1.55. The van der Waals surface area contributed by atoms with Gasteiger partial charge in [-0.25, -0.2) is 4.79 Å². The van der Waals surface area contributed by atoms with Crippen LogP contribution in [0.15, 0.2) is 46.9 Å². The molecule has 29 heavy (non-hydrogen) atoms. The van der Waals surface area contributed by atoms with Gasteiger partial charge >= 0.3 is 5.97 Å². The second-order valence-electron chi connectivity index (χ2n) is 6.73. The SMILES string of the molecule is CCOC(=O)c1ccc(CNC(=O)C[C@@H]2C(=O)NCCN2Cc2ccccc2)o1. The van der Waals surface area contributed by atoms with E-state index >= 15 is 0 Å². The van der Waals surface area contributed by atoms with Gasteiger partial charge in [-0.15, -0.1) is 0 Å². The third-order valence-electron chi connectivity index (χ3n) is 4.65. The number of carbonyl (C=O) groups is 3. The lowest BCUT2D eigenvalue weighted by Gasteiger charge is -2.34. The normalized spacial score (nSPS) is 16.9. The molecule has 3 rings (SSSR count). The molecule has 2 amide bonds. The molecule has 1 aliphatic rings. The highest BCUT2D eigenvalue weighted by molar-refractivity contribution is 5.89. The number of piperazine rings is 1. The molecule has 1 saturated heterocycles. The van der Waals surface area contributed by atoms with Crippen molar-refractivity contribution in [1.82, 2.24) is 15.5 Å². The summed E-state index contributed by atoms with van der Waals surface area (Å²) >= 11 is 0. The number of furan rings is 1. The molecule has 1 atom stereocenters. The van der Waals surface area contributed by atoms with E-state index < -0.39 is 12.0 Å². The highest BCUT2D eigenvalue weighted by atomic mass is 16.5. The van der Waals surface area contributed by atoms with Gasteiger partial charge in [0.1, 0.15) is 5.76 Å². The van der Waals surface area contributed by atoms with Gasteiger partial charge in [0.15, 0.2) is 0 Å². The Morgan fingerprint density at radius 2 is 2.03 bits per heavy atom. The average molecular weight is 399 g/mol. The Bertz CT molecular complexity index is 849. The molecule has 1 aromatic heterocycles. The molecule has 0 spiro atoms. The summed E-state index contributed by atoms with van der Waals surface area (Å²) < 4.78 is 10.3. The number of carbonyl (C=O) groups excluding carboxylic acids is 3. The van der Waals surface area contributed by atoms with E-state index in [1.165, 1.54) is 6.07 Å². The number of ether oxygens (including phenoxy) is 1. The Morgan fingerprint density at radius 1 is 1.24 bits per heavy atom. The first-order valence-corrected chi connectivity index (χ1v) is 9.65. The van der Waals surface area contributed by atoms with Crippen molar-refractivity contribution >= 4 is 17.8 Å². The van der Waals surface area contributed by atoms with Crippen molar-refractivity contribution in [2.45, 2.75) is 32.5 Å². The zero-order valence-electron chi connectivity index (χ0n) is 16.3. The molecule has 2 aromatic rings. The lowest BCUT2D eigenvalue weighted by atomic mass is 10.1. The van der Waals surface area contributed by atoms with Crippen LogP contribution in [0.3, 0.4) is 0 Å². The molecule has 0 radical (unpaired) electrons. The first-order chi connectivity index (χ1) is 14.1. The maximum absolute atomic E-state index is 12.4. The second kappa shape index (κ2) is 9.88. The third kappa shape index (κ3) is 5.68. The number of hydrogen-bond donors (Lipinski definition) is 2. The summed E-state index contributed by atoms with van der Waals surface area (Å²) in [5, 5.41) is 5.57. The highest BCUT2D eigenvalue weighted by Gasteiger charge is 2.31. The first-order valence-electron chi connectivity index (χ1n) is 9.65. The van der Waals surface area contributed by atoms with E-state index in [1.807, 2.05) is 35.2 Å². The number of hydrogen-bond acceptors (Lipinski definition) is 6. The van der Waals surface area contributed by atoms with Crippen LogP contribution in [0.2, 0.25) is 0 Å². The Morgan fingerprint density at radius 3 is 2.79 bits per heavy atom. The molecule has 2 N–H and O–H groups in total. The van der Waals surface area contributed by atoms with Crippen molar-refractivity contribution in [2.24, 2.45) is 0 Å². The molecule has 1 fully saturated rings. The summed E-state index contributed by atoms with van der Waals surface area (Å²) in [4.78, 5) is 38.4. The maximum Gasteiger partial charge on any atom is 0.374 e. The van der Waals surface area contributed by atoms with Gasteiger partial charge in [0.25, 0.3) is 0 Å². The van der Waals surface area contributed by atoms with E-state index in [4.69, 9.17) is 9.15 Å². The molecule has 0 unspecified atom stereocenters. The fourth-order valence-electron chi connectivity index (χ4n) is 3.21. The molecule has 1 aromatic carbocycles. The van der Waals surface area contributed by atoms with E-state index in [0.29, 0.717) is 25.4 Å². The monoisotopic (exact) mass is 399 g/mol. The topological polar surface area (TPSA) is 101 Å². The summed E-state index contributed by atoms with van der Waals surface area (Å²) in [6, 6.07) is 12.4. The highest BCUT2D eigenvalue weighted by Crippen LogP contribution is 2.14. The van der Waals surface area contributed by atoms with E-state index in [2.05, 4.69) is 10.6 Å². The van der Waals surface area contributed by atoms with Gasteiger partial charge in [-0.1, -0.05) is 30.3 Å². The smallest absolute Gasteiger partial charge is 0.374 e. The zero-order valence-corrected chi connectivity index (χ0v) is 16.3. The standard InChI is InChI=1S/C21H25N3O5/c1-2-28-21(27)18-9-8-16(29-18)13-23-19(25)12-17-20(26)22-10-11-24(17)14-15-6-4-3-5-7-15/h3-9,17H,2,10-14H2,1H3,(H,22,26)(H,23,25)/t17-/m1/s1. The van der Waals surface area contributed by atoms with Crippen LogP contribution in [0, 0.1) is 0 Å². The van der Waals surface area contributed by atoms with Gasteiger partial charge in [0, 0.05) is 19.6 Å². The number of benzene rings is 1. The fourth-order valence-corrected chi connectivity index (χ4v) is 3.21. The number of nitrogens with one attached hydrogen (secondary N) is 2. The molecule has 0 aliphatic carbocycles. The van der Waals surface area contributed by atoms with Gasteiger partial charge in [-0.05, 0) is 24.6 Å². The number of esters is 1. The lowest BCUT2D eigenvalue weighted by molar-refractivity contribution is -0.134. The Kier molecular flexibility index (Phi) is 7.02.